The number of ether oxygens (including phenoxy) is 1. The van der Waals surface area contributed by atoms with Crippen LogP contribution in [0.2, 0.25) is 15.1 Å². The molecule has 0 radical (unpaired) electrons. The van der Waals surface area contributed by atoms with Crippen LogP contribution < -0.4 is 15.4 Å². The van der Waals surface area contributed by atoms with Crippen molar-refractivity contribution in [2.24, 2.45) is 11.8 Å². The van der Waals surface area contributed by atoms with Crippen molar-refractivity contribution < 1.29 is 23.4 Å². The first-order chi connectivity index (χ1) is 21.9. The fourth-order valence-electron chi connectivity index (χ4n) is 6.62. The molecular weight excluding hydrogens is 669 g/mol. The molecule has 46 heavy (non-hydrogen) atoms. The van der Waals surface area contributed by atoms with E-state index in [9.17, 15) is 18.6 Å². The minimum atomic E-state index is -3.20. The van der Waals surface area contributed by atoms with Crippen molar-refractivity contribution in [2.75, 3.05) is 52.2 Å². The lowest BCUT2D eigenvalue weighted by Crippen LogP contribution is -2.44. The van der Waals surface area contributed by atoms with Crippen molar-refractivity contribution in [3.8, 4) is 0 Å². The highest BCUT2D eigenvalue weighted by atomic mass is 35.5. The van der Waals surface area contributed by atoms with E-state index in [1.165, 1.54) is 0 Å². The summed E-state index contributed by atoms with van der Waals surface area (Å²) in [7, 11) is -3.20. The summed E-state index contributed by atoms with van der Waals surface area (Å²) in [6.45, 7) is 7.33. The summed E-state index contributed by atoms with van der Waals surface area (Å²) in [4.78, 5) is 0. The first-order valence-electron chi connectivity index (χ1n) is 16.5. The van der Waals surface area contributed by atoms with Crippen LogP contribution in [0.1, 0.15) is 75.8 Å². The van der Waals surface area contributed by atoms with Crippen molar-refractivity contribution in [1.82, 2.24) is 15.4 Å². The number of hydrogen-bond donors (Lipinski definition) is 5. The average Bonchev–Trinajstić information content (AvgIpc) is 3.05. The van der Waals surface area contributed by atoms with Gasteiger partial charge in [0, 0.05) is 55.3 Å². The molecule has 2 aromatic rings. The number of benzene rings is 2. The zero-order valence-electron chi connectivity index (χ0n) is 27.2. The second kappa shape index (κ2) is 19.3. The van der Waals surface area contributed by atoms with Gasteiger partial charge in [-0.05, 0) is 102 Å². The molecule has 2 heterocycles. The minimum Gasteiger partial charge on any atom is -0.385 e. The quantitative estimate of drug-likeness (QED) is 0.138. The summed E-state index contributed by atoms with van der Waals surface area (Å²) in [5.41, 5.74) is -0.381. The molecule has 0 unspecified atom stereocenters. The second-order valence-corrected chi connectivity index (χ2v) is 15.5. The van der Waals surface area contributed by atoms with Gasteiger partial charge in [0.15, 0.2) is 0 Å². The fraction of sp³-hybridized carbons (Fsp3) is 0.647. The third-order valence-corrected chi connectivity index (χ3v) is 10.9. The number of piperidine rings is 2. The Hall–Kier alpha value is -0.980. The Balaban J connectivity index is 0.000000250. The van der Waals surface area contributed by atoms with Gasteiger partial charge in [-0.1, -0.05) is 59.1 Å². The molecule has 0 bridgehead atoms. The molecule has 12 heteroatoms. The molecule has 0 aliphatic carbocycles. The molecule has 4 rings (SSSR count). The first kappa shape index (κ1) is 39.5. The maximum absolute atomic E-state index is 11.5. The van der Waals surface area contributed by atoms with Crippen LogP contribution in [0, 0.1) is 11.8 Å². The van der Waals surface area contributed by atoms with Crippen molar-refractivity contribution in [3.63, 3.8) is 0 Å². The summed E-state index contributed by atoms with van der Waals surface area (Å²) in [5, 5.41) is 31.2. The highest BCUT2D eigenvalue weighted by Crippen LogP contribution is 2.43. The molecule has 2 fully saturated rings. The number of aliphatic hydroxyl groups is 2. The molecular formula is C34H52Cl3N3O5S. The highest BCUT2D eigenvalue weighted by Gasteiger charge is 2.40. The van der Waals surface area contributed by atoms with Crippen LogP contribution in [0.4, 0.5) is 0 Å². The van der Waals surface area contributed by atoms with Gasteiger partial charge in [-0.2, -0.15) is 0 Å². The standard InChI is InChI=1S/C18H27Cl2NO2.C16H25ClN2O3S/c1-2-23-12-4-3-10-18(22,14-7-6-11-21-13-14)15-8-5-9-16(19)17(15)20;1-23(21,22)19-10-4-8-16(20,14-6-3-9-18-12-14)13-5-2-7-15(17)11-13/h5,8-9,14,21-22H,2-4,6-7,10-13H2,1H3;2,5,7,11,14,18-20H,3-4,6,8-10,12H2,1H3/t14-,18+;14-,16-/m11/s1. The Kier molecular flexibility index (Phi) is 16.5. The lowest BCUT2D eigenvalue weighted by molar-refractivity contribution is -0.0435. The zero-order chi connectivity index (χ0) is 33.6. The Labute approximate surface area is 291 Å². The molecule has 0 aromatic heterocycles. The van der Waals surface area contributed by atoms with E-state index in [1.807, 2.05) is 31.2 Å². The predicted molar refractivity (Wildman–Crippen MR) is 189 cm³/mol. The molecule has 2 aliphatic heterocycles. The van der Waals surface area contributed by atoms with E-state index in [0.29, 0.717) is 40.9 Å². The van der Waals surface area contributed by atoms with Crippen LogP contribution in [0.15, 0.2) is 42.5 Å². The summed E-state index contributed by atoms with van der Waals surface area (Å²) >= 11 is 18.7. The van der Waals surface area contributed by atoms with E-state index in [1.54, 1.807) is 18.2 Å². The van der Waals surface area contributed by atoms with Gasteiger partial charge in [-0.3, -0.25) is 0 Å². The first-order valence-corrected chi connectivity index (χ1v) is 19.5. The van der Waals surface area contributed by atoms with Crippen molar-refractivity contribution in [1.29, 1.82) is 0 Å². The van der Waals surface area contributed by atoms with Gasteiger partial charge in [-0.15, -0.1) is 0 Å². The van der Waals surface area contributed by atoms with Gasteiger partial charge in [0.2, 0.25) is 10.0 Å². The Morgan fingerprint density at radius 3 is 2.13 bits per heavy atom. The zero-order valence-corrected chi connectivity index (χ0v) is 30.3. The largest absolute Gasteiger partial charge is 0.385 e. The van der Waals surface area contributed by atoms with Gasteiger partial charge in [0.05, 0.1) is 27.5 Å². The topological polar surface area (TPSA) is 120 Å². The monoisotopic (exact) mass is 719 g/mol. The van der Waals surface area contributed by atoms with Gasteiger partial charge in [0.1, 0.15) is 0 Å². The lowest BCUT2D eigenvalue weighted by atomic mass is 9.74. The van der Waals surface area contributed by atoms with Crippen LogP contribution in [0.3, 0.4) is 0 Å². The second-order valence-electron chi connectivity index (χ2n) is 12.5. The van der Waals surface area contributed by atoms with Gasteiger partial charge in [-0.25, -0.2) is 13.1 Å². The van der Waals surface area contributed by atoms with Crippen LogP contribution >= 0.6 is 34.8 Å². The van der Waals surface area contributed by atoms with Crippen LogP contribution in [-0.4, -0.2) is 70.8 Å². The molecule has 2 aromatic carbocycles. The number of halogens is 3. The van der Waals surface area contributed by atoms with Crippen molar-refractivity contribution >= 4 is 44.8 Å². The van der Waals surface area contributed by atoms with Crippen LogP contribution in [-0.2, 0) is 26.0 Å². The van der Waals surface area contributed by atoms with Crippen molar-refractivity contribution in [2.45, 2.75) is 75.9 Å². The van der Waals surface area contributed by atoms with Crippen LogP contribution in [0.5, 0.6) is 0 Å². The Morgan fingerprint density at radius 1 is 0.913 bits per heavy atom. The van der Waals surface area contributed by atoms with E-state index in [-0.39, 0.29) is 11.8 Å². The Morgan fingerprint density at radius 2 is 1.54 bits per heavy atom. The average molecular weight is 721 g/mol. The van der Waals surface area contributed by atoms with Crippen LogP contribution in [0.25, 0.3) is 0 Å². The molecule has 0 saturated carbocycles. The molecule has 260 valence electrons. The molecule has 0 spiro atoms. The Bertz CT molecular complexity index is 1310. The highest BCUT2D eigenvalue weighted by molar-refractivity contribution is 7.88. The lowest BCUT2D eigenvalue weighted by Gasteiger charge is -2.40. The molecule has 2 saturated heterocycles. The third kappa shape index (κ3) is 11.9. The maximum Gasteiger partial charge on any atom is 0.208 e. The number of unbranched alkanes of at least 4 members (excludes halogenated alkanes) is 1. The predicted octanol–water partition coefficient (Wildman–Crippen LogP) is 6.24. The third-order valence-electron chi connectivity index (χ3n) is 9.09. The summed E-state index contributed by atoms with van der Waals surface area (Å²) < 4.78 is 30.2. The molecule has 5 N–H and O–H groups in total. The fourth-order valence-corrected chi connectivity index (χ4v) is 7.79. The van der Waals surface area contributed by atoms with E-state index in [4.69, 9.17) is 39.5 Å². The van der Waals surface area contributed by atoms with E-state index >= 15 is 0 Å². The van der Waals surface area contributed by atoms with Gasteiger partial charge < -0.3 is 25.6 Å². The SMILES string of the molecule is CCOCCCC[C@@](O)(c1cccc(Cl)c1Cl)[C@@H]1CCCNC1.CS(=O)(=O)NCCC[C@@](O)(c1cccc(Cl)c1)[C@@H]1CCCNC1. The number of hydrogen-bond acceptors (Lipinski definition) is 7. The molecule has 2 aliphatic rings. The van der Waals surface area contributed by atoms with E-state index in [0.717, 1.165) is 95.3 Å². The number of nitrogens with one attached hydrogen (secondary N) is 3. The molecule has 0 amide bonds. The van der Waals surface area contributed by atoms with E-state index < -0.39 is 21.2 Å². The van der Waals surface area contributed by atoms with E-state index in [2.05, 4.69) is 15.4 Å². The number of rotatable bonds is 15. The molecule has 4 atom stereocenters. The van der Waals surface area contributed by atoms with Gasteiger partial charge in [0.25, 0.3) is 0 Å². The number of sulfonamides is 1. The summed E-state index contributed by atoms with van der Waals surface area (Å²) in [6, 6.07) is 12.9. The summed E-state index contributed by atoms with van der Waals surface area (Å²) in [6.07, 6.45) is 8.74. The maximum atomic E-state index is 11.5. The molecule has 8 nitrogen and oxygen atoms in total. The summed E-state index contributed by atoms with van der Waals surface area (Å²) in [5.74, 6) is 0.243. The minimum absolute atomic E-state index is 0.0907. The van der Waals surface area contributed by atoms with Crippen molar-refractivity contribution in [3.05, 3.63) is 68.7 Å². The normalized spacial score (nSPS) is 21.5. The smallest absolute Gasteiger partial charge is 0.208 e. The van der Waals surface area contributed by atoms with Gasteiger partial charge >= 0.3 is 0 Å².